The van der Waals surface area contributed by atoms with E-state index < -0.39 is 92.5 Å². The van der Waals surface area contributed by atoms with Crippen LogP contribution in [0.4, 0.5) is 10.6 Å². The lowest BCUT2D eigenvalue weighted by atomic mass is 9.81. The maximum Gasteiger partial charge on any atom is 0.407 e. The molecule has 0 bridgehead atoms. The summed E-state index contributed by atoms with van der Waals surface area (Å²) in [5.74, 6) is -0.253. The number of carbonyl (C=O) groups excluding carboxylic acids is 1. The third-order valence-corrected chi connectivity index (χ3v) is 9.31. The molecule has 12 atom stereocenters. The average Bonchev–Trinajstić information content (AvgIpc) is 3.78. The first-order chi connectivity index (χ1) is 25.4. The van der Waals surface area contributed by atoms with Gasteiger partial charge in [0.25, 0.3) is 0 Å². The van der Waals surface area contributed by atoms with Gasteiger partial charge in [-0.25, -0.2) is 19.7 Å². The number of imidazole rings is 1. The van der Waals surface area contributed by atoms with Crippen LogP contribution in [-0.4, -0.2) is 159 Å². The molecule has 6 rings (SSSR count). The molecule has 4 heterocycles. The van der Waals surface area contributed by atoms with Crippen molar-refractivity contribution in [1.82, 2.24) is 24.8 Å². The number of aliphatic hydroxyl groups excluding tert-OH is 7. The van der Waals surface area contributed by atoms with Crippen LogP contribution in [0.5, 0.6) is 5.75 Å². The molecule has 1 aliphatic carbocycles. The van der Waals surface area contributed by atoms with E-state index in [4.69, 9.17) is 24.7 Å². The number of aromatic nitrogens is 4. The van der Waals surface area contributed by atoms with Crippen molar-refractivity contribution < 1.29 is 64.2 Å². The number of alkyl carbamates (subject to hydrolysis) is 1. The van der Waals surface area contributed by atoms with Crippen LogP contribution in [0.1, 0.15) is 18.9 Å². The molecule has 2 aromatic heterocycles. The van der Waals surface area contributed by atoms with E-state index >= 15 is 0 Å². The van der Waals surface area contributed by atoms with Crippen LogP contribution in [0.15, 0.2) is 47.3 Å². The van der Waals surface area contributed by atoms with Crippen molar-refractivity contribution in [2.45, 2.75) is 93.7 Å². The van der Waals surface area contributed by atoms with Crippen molar-refractivity contribution in [3.8, 4) is 5.75 Å². The molecular weight excluding hydrogens is 702 g/mol. The summed E-state index contributed by atoms with van der Waals surface area (Å²) in [7, 11) is 0. The Morgan fingerprint density at radius 3 is 2.55 bits per heavy atom. The molecular formula is C32H44N9O12+. The fourth-order valence-electron chi connectivity index (χ4n) is 6.44. The zero-order chi connectivity index (χ0) is 37.8. The van der Waals surface area contributed by atoms with Crippen LogP contribution in [0.3, 0.4) is 0 Å². The SMILES string of the molecule is C[C@H](Cn1cnc2c(N)ncnc21)OC(=O)NCC1C=[N+](Cc2ccc(O[C@@H]3O[C@H](CO)[C@H](O[C@@H]4C[C@H](CO)[C@H](O)[C@H](O)[C@@H]4O)[C@H](O)[C@@H]3O)cc2)N=N1. The largest absolute Gasteiger partial charge is 0.462 e. The molecule has 3 aromatic rings. The number of nitrogens with one attached hydrogen (secondary N) is 1. The van der Waals surface area contributed by atoms with Gasteiger partial charge < -0.3 is 70.3 Å². The Hall–Kier alpha value is -4.45. The number of ether oxygens (including phenoxy) is 4. The Morgan fingerprint density at radius 2 is 1.81 bits per heavy atom. The molecule has 1 unspecified atom stereocenters. The van der Waals surface area contributed by atoms with Gasteiger partial charge in [0.15, 0.2) is 11.5 Å². The number of nitrogens with two attached hydrogens (primary N) is 1. The fourth-order valence-corrected chi connectivity index (χ4v) is 6.44. The van der Waals surface area contributed by atoms with Crippen molar-refractivity contribution >= 4 is 29.3 Å². The van der Waals surface area contributed by atoms with E-state index in [-0.39, 0.29) is 24.5 Å². The fraction of sp³-hybridized carbons (Fsp3) is 0.594. The highest BCUT2D eigenvalue weighted by Gasteiger charge is 2.50. The van der Waals surface area contributed by atoms with Crippen LogP contribution in [0.25, 0.3) is 11.2 Å². The van der Waals surface area contributed by atoms with Gasteiger partial charge in [-0.05, 0) is 31.0 Å². The zero-order valence-corrected chi connectivity index (χ0v) is 28.6. The summed E-state index contributed by atoms with van der Waals surface area (Å²) in [6, 6.07) is 6.31. The van der Waals surface area contributed by atoms with Crippen LogP contribution in [-0.2, 0) is 27.3 Å². The minimum atomic E-state index is -1.63. The van der Waals surface area contributed by atoms with Crippen LogP contribution in [0, 0.1) is 5.92 Å². The molecule has 2 fully saturated rings. The van der Waals surface area contributed by atoms with Gasteiger partial charge in [-0.3, -0.25) is 0 Å². The molecule has 1 aromatic carbocycles. The van der Waals surface area contributed by atoms with Gasteiger partial charge in [-0.2, -0.15) is 0 Å². The van der Waals surface area contributed by atoms with Gasteiger partial charge >= 0.3 is 6.09 Å². The number of aliphatic hydroxyl groups is 7. The van der Waals surface area contributed by atoms with Crippen LogP contribution in [0.2, 0.25) is 0 Å². The van der Waals surface area contributed by atoms with E-state index in [9.17, 15) is 40.5 Å². The Labute approximate surface area is 301 Å². The summed E-state index contributed by atoms with van der Waals surface area (Å²) in [5, 5.41) is 83.0. The van der Waals surface area contributed by atoms with E-state index in [0.717, 1.165) is 5.56 Å². The van der Waals surface area contributed by atoms with Gasteiger partial charge in [0.05, 0.1) is 38.2 Å². The highest BCUT2D eigenvalue weighted by atomic mass is 16.7. The summed E-state index contributed by atoms with van der Waals surface area (Å²) in [6.07, 6.45) is -9.40. The molecule has 2 aliphatic heterocycles. The lowest BCUT2D eigenvalue weighted by molar-refractivity contribution is -0.548. The maximum atomic E-state index is 12.4. The Morgan fingerprint density at radius 1 is 1.04 bits per heavy atom. The normalized spacial score (nSPS) is 32.0. The number of hydrogen-bond acceptors (Lipinski definition) is 18. The van der Waals surface area contributed by atoms with Crippen molar-refractivity contribution in [2.75, 3.05) is 25.5 Å². The molecule has 288 valence electrons. The summed E-state index contributed by atoms with van der Waals surface area (Å²) < 4.78 is 26.1. The number of nitrogen functional groups attached to an aromatic ring is 1. The third-order valence-electron chi connectivity index (χ3n) is 9.31. The first-order valence-electron chi connectivity index (χ1n) is 17.0. The molecule has 1 saturated heterocycles. The summed E-state index contributed by atoms with van der Waals surface area (Å²) in [5.41, 5.74) is 7.65. The minimum absolute atomic E-state index is 0.0536. The Balaban J connectivity index is 0.956. The molecule has 1 amide bonds. The first-order valence-corrected chi connectivity index (χ1v) is 17.0. The quantitative estimate of drug-likeness (QED) is 0.0799. The number of hydrogen-bond donors (Lipinski definition) is 9. The summed E-state index contributed by atoms with van der Waals surface area (Å²) in [6.45, 7) is 1.42. The average molecular weight is 747 g/mol. The standard InChI is InChI=1S/C32H43N9O12/c1-15(8-40-14-37-22-29(33)35-13-36-30(22)40)50-32(49)34-7-18-10-41(39-38-18)9-16-2-4-19(5-3-16)51-31-27(48)26(47)28(21(12-43)53-31)52-20-6-17(11-42)23(44)25(46)24(20)45/h2-5,10,13-15,17-18,20-21,23-28,31,42-48H,6-9,11-12H2,1H3,(H2-,33,34,35,36,49)/p+1/t15-,17-,18?,20-,21-,23+,24-,25+,26-,27+,28+,31-/m1/s1. The smallest absolute Gasteiger partial charge is 0.407 e. The van der Waals surface area contributed by atoms with Gasteiger partial charge in [-0.1, -0.05) is 12.1 Å². The Bertz CT molecular complexity index is 1760. The van der Waals surface area contributed by atoms with Gasteiger partial charge in [0.1, 0.15) is 78.3 Å². The molecule has 10 N–H and O–H groups in total. The number of nitrogens with zero attached hydrogens (tertiary/aromatic N) is 7. The minimum Gasteiger partial charge on any atom is -0.462 e. The number of amides is 1. The highest BCUT2D eigenvalue weighted by Crippen LogP contribution is 2.33. The molecule has 21 heteroatoms. The Kier molecular flexibility index (Phi) is 12.1. The van der Waals surface area contributed by atoms with E-state index in [1.54, 1.807) is 53.0 Å². The van der Waals surface area contributed by atoms with Crippen molar-refractivity contribution in [1.29, 1.82) is 0 Å². The number of fused-ring (bicyclic) bond motifs is 1. The van der Waals surface area contributed by atoms with Gasteiger partial charge in [0, 0.05) is 17.6 Å². The second-order valence-electron chi connectivity index (χ2n) is 13.2. The van der Waals surface area contributed by atoms with E-state index in [1.807, 2.05) is 0 Å². The molecule has 0 radical (unpaired) electrons. The predicted octanol–water partition coefficient (Wildman–Crippen LogP) is -2.78. The first kappa shape index (κ1) is 38.3. The van der Waals surface area contributed by atoms with E-state index in [2.05, 4.69) is 30.6 Å². The van der Waals surface area contributed by atoms with E-state index in [0.29, 0.717) is 24.3 Å². The third kappa shape index (κ3) is 8.69. The van der Waals surface area contributed by atoms with Gasteiger partial charge in [-0.15, -0.1) is 4.68 Å². The number of benzene rings is 1. The zero-order valence-electron chi connectivity index (χ0n) is 28.6. The topological polar surface area (TPSA) is 305 Å². The monoisotopic (exact) mass is 746 g/mol. The molecule has 21 nitrogen and oxygen atoms in total. The summed E-state index contributed by atoms with van der Waals surface area (Å²) in [4.78, 5) is 24.7. The maximum absolute atomic E-state index is 12.4. The van der Waals surface area contributed by atoms with Crippen LogP contribution < -0.4 is 15.8 Å². The molecule has 1 saturated carbocycles. The van der Waals surface area contributed by atoms with Crippen molar-refractivity contribution in [3.05, 3.63) is 42.5 Å². The second-order valence-corrected chi connectivity index (χ2v) is 13.2. The molecule has 0 spiro atoms. The van der Waals surface area contributed by atoms with Crippen molar-refractivity contribution in [3.63, 3.8) is 0 Å². The van der Waals surface area contributed by atoms with Crippen molar-refractivity contribution in [2.24, 2.45) is 16.3 Å². The number of rotatable bonds is 13. The number of anilines is 1. The molecule has 3 aliphatic rings. The highest BCUT2D eigenvalue weighted by molar-refractivity contribution is 5.81. The van der Waals surface area contributed by atoms with Crippen LogP contribution >= 0.6 is 0 Å². The lowest BCUT2D eigenvalue weighted by Gasteiger charge is -2.46. The van der Waals surface area contributed by atoms with E-state index in [1.165, 1.54) is 6.33 Å². The summed E-state index contributed by atoms with van der Waals surface area (Å²) >= 11 is 0. The lowest BCUT2D eigenvalue weighted by Crippen LogP contribution is -2.63. The second kappa shape index (κ2) is 16.7. The molecule has 53 heavy (non-hydrogen) atoms. The van der Waals surface area contributed by atoms with Gasteiger partial charge in [0.2, 0.25) is 12.3 Å². The predicted molar refractivity (Wildman–Crippen MR) is 179 cm³/mol. The number of carbonyl (C=O) groups is 1.